The van der Waals surface area contributed by atoms with E-state index in [1.807, 2.05) is 0 Å². The van der Waals surface area contributed by atoms with E-state index in [0.29, 0.717) is 12.3 Å². The van der Waals surface area contributed by atoms with Crippen LogP contribution in [-0.2, 0) is 17.1 Å². The van der Waals surface area contributed by atoms with Crippen molar-refractivity contribution in [3.8, 4) is 6.07 Å². The molecule has 0 spiro atoms. The number of anilines is 1. The zero-order valence-electron chi connectivity index (χ0n) is 15.1. The number of aliphatic hydroxyl groups is 1. The summed E-state index contributed by atoms with van der Waals surface area (Å²) >= 11 is 0.787. The van der Waals surface area contributed by atoms with Gasteiger partial charge in [-0.25, -0.2) is 4.98 Å². The lowest BCUT2D eigenvalue weighted by Crippen LogP contribution is -2.42. The molecule has 0 fully saturated rings. The molecular weight excluding hydrogens is 436 g/mol. The fraction of sp³-hybridized carbons (Fsp3) is 0.278. The first-order valence-corrected chi connectivity index (χ1v) is 9.04. The average Bonchev–Trinajstić information content (AvgIpc) is 2.65. The number of carbonyl (C=O) groups excluding carboxylic acids is 1. The van der Waals surface area contributed by atoms with Crippen LogP contribution in [0.4, 0.5) is 32.0 Å². The lowest BCUT2D eigenvalue weighted by molar-refractivity contribution is -0.138. The summed E-state index contributed by atoms with van der Waals surface area (Å²) in [6, 6.07) is 5.79. The highest BCUT2D eigenvalue weighted by atomic mass is 32.2. The Hall–Kier alpha value is -2.78. The molecule has 0 aliphatic heterocycles. The number of amides is 1. The minimum absolute atomic E-state index is 0.105. The van der Waals surface area contributed by atoms with E-state index >= 15 is 0 Å². The third-order valence-corrected chi connectivity index (χ3v) is 5.00. The van der Waals surface area contributed by atoms with E-state index in [1.54, 1.807) is 0 Å². The molecule has 0 bridgehead atoms. The summed E-state index contributed by atoms with van der Waals surface area (Å²) in [5.41, 5.74) is -5.20. The number of hydrogen-bond acceptors (Lipinski definition) is 5. The summed E-state index contributed by atoms with van der Waals surface area (Å²) < 4.78 is 76.6. The van der Waals surface area contributed by atoms with Gasteiger partial charge in [0.1, 0.15) is 5.60 Å². The number of aromatic nitrogens is 1. The van der Waals surface area contributed by atoms with E-state index in [-0.39, 0.29) is 16.5 Å². The molecule has 1 aromatic carbocycles. The monoisotopic (exact) mass is 449 g/mol. The van der Waals surface area contributed by atoms with Crippen LogP contribution in [0, 0.1) is 11.3 Å². The van der Waals surface area contributed by atoms with Gasteiger partial charge in [0.25, 0.3) is 5.91 Å². The maximum Gasteiger partial charge on any atom is 0.417 e. The van der Waals surface area contributed by atoms with Gasteiger partial charge in [0, 0.05) is 17.6 Å². The van der Waals surface area contributed by atoms with Crippen molar-refractivity contribution >= 4 is 23.4 Å². The summed E-state index contributed by atoms with van der Waals surface area (Å²) in [6.45, 7) is 1.09. The molecule has 160 valence electrons. The predicted octanol–water partition coefficient (Wildman–Crippen LogP) is 4.47. The van der Waals surface area contributed by atoms with Gasteiger partial charge in [-0.15, -0.1) is 11.8 Å². The molecule has 0 aliphatic rings. The Bertz CT molecular complexity index is 966. The Morgan fingerprint density at radius 3 is 2.33 bits per heavy atom. The number of nitrogens with one attached hydrogen (secondary N) is 1. The molecule has 1 unspecified atom stereocenters. The predicted molar refractivity (Wildman–Crippen MR) is 95.4 cm³/mol. The fourth-order valence-corrected chi connectivity index (χ4v) is 2.98. The first-order valence-electron chi connectivity index (χ1n) is 8.05. The Kier molecular flexibility index (Phi) is 6.68. The van der Waals surface area contributed by atoms with Crippen LogP contribution < -0.4 is 5.32 Å². The van der Waals surface area contributed by atoms with E-state index in [1.165, 1.54) is 6.07 Å². The Morgan fingerprint density at radius 1 is 1.17 bits per heavy atom. The van der Waals surface area contributed by atoms with E-state index in [2.05, 4.69) is 10.3 Å². The minimum atomic E-state index is -4.82. The molecule has 0 aliphatic carbocycles. The molecule has 2 aromatic rings. The quantitative estimate of drug-likeness (QED) is 0.520. The van der Waals surface area contributed by atoms with Gasteiger partial charge in [-0.05, 0) is 37.3 Å². The van der Waals surface area contributed by atoms with Crippen molar-refractivity contribution in [3.63, 3.8) is 0 Å². The SMILES string of the molecule is CC(O)(CSc1ccc(C(F)(F)F)cn1)C(=O)Nc1ccc(C#N)c(C(F)(F)F)c1. The van der Waals surface area contributed by atoms with Crippen LogP contribution in [0.1, 0.15) is 23.6 Å². The first kappa shape index (κ1) is 23.5. The van der Waals surface area contributed by atoms with Crippen molar-refractivity contribution in [3.05, 3.63) is 53.2 Å². The molecule has 1 aromatic heterocycles. The highest BCUT2D eigenvalue weighted by molar-refractivity contribution is 7.99. The Morgan fingerprint density at radius 2 is 1.83 bits per heavy atom. The maximum absolute atomic E-state index is 13.0. The molecule has 0 saturated carbocycles. The number of alkyl halides is 6. The zero-order valence-corrected chi connectivity index (χ0v) is 15.9. The van der Waals surface area contributed by atoms with Crippen LogP contribution in [0.25, 0.3) is 0 Å². The highest BCUT2D eigenvalue weighted by Crippen LogP contribution is 2.34. The maximum atomic E-state index is 13.0. The summed E-state index contributed by atoms with van der Waals surface area (Å²) in [7, 11) is 0. The number of pyridine rings is 1. The number of nitriles is 1. The molecular formula is C18H13F6N3O2S. The lowest BCUT2D eigenvalue weighted by atomic mass is 10.1. The average molecular weight is 449 g/mol. The highest BCUT2D eigenvalue weighted by Gasteiger charge is 2.35. The van der Waals surface area contributed by atoms with E-state index in [9.17, 15) is 36.2 Å². The number of hydrogen-bond donors (Lipinski definition) is 2. The molecule has 30 heavy (non-hydrogen) atoms. The number of thioether (sulfide) groups is 1. The molecule has 2 N–H and O–H groups in total. The van der Waals surface area contributed by atoms with Gasteiger partial charge in [0.15, 0.2) is 0 Å². The van der Waals surface area contributed by atoms with Gasteiger partial charge in [-0.1, -0.05) is 0 Å². The fourth-order valence-electron chi connectivity index (χ4n) is 2.13. The van der Waals surface area contributed by atoms with Crippen molar-refractivity contribution in [2.75, 3.05) is 11.1 Å². The van der Waals surface area contributed by atoms with Crippen LogP contribution in [0.3, 0.4) is 0 Å². The zero-order chi connectivity index (χ0) is 22.7. The van der Waals surface area contributed by atoms with Crippen molar-refractivity contribution in [1.29, 1.82) is 5.26 Å². The molecule has 1 atom stereocenters. The van der Waals surface area contributed by atoms with E-state index in [0.717, 1.165) is 43.0 Å². The molecule has 0 radical (unpaired) electrons. The van der Waals surface area contributed by atoms with Crippen molar-refractivity contribution in [2.24, 2.45) is 0 Å². The van der Waals surface area contributed by atoms with E-state index in [4.69, 9.17) is 5.26 Å². The topological polar surface area (TPSA) is 86.0 Å². The Labute approximate surface area is 170 Å². The largest absolute Gasteiger partial charge is 0.417 e. The van der Waals surface area contributed by atoms with Crippen LogP contribution in [-0.4, -0.2) is 27.4 Å². The number of benzene rings is 1. The van der Waals surface area contributed by atoms with Gasteiger partial charge >= 0.3 is 12.4 Å². The molecule has 5 nitrogen and oxygen atoms in total. The van der Waals surface area contributed by atoms with Crippen LogP contribution in [0.15, 0.2) is 41.6 Å². The standard InChI is InChI=1S/C18H13F6N3O2S/c1-16(29,9-30-14-5-3-11(8-26-14)17(19,20)21)15(28)27-12-4-2-10(7-25)13(6-12)18(22,23)24/h2-6,8,29H,9H2,1H3,(H,27,28). The smallest absolute Gasteiger partial charge is 0.379 e. The Balaban J connectivity index is 2.08. The molecule has 1 amide bonds. The number of nitrogens with zero attached hydrogens (tertiary/aromatic N) is 2. The molecule has 2 rings (SSSR count). The third-order valence-electron chi connectivity index (χ3n) is 3.76. The molecule has 1 heterocycles. The van der Waals surface area contributed by atoms with Gasteiger partial charge in [0.2, 0.25) is 0 Å². The lowest BCUT2D eigenvalue weighted by Gasteiger charge is -2.22. The summed E-state index contributed by atoms with van der Waals surface area (Å²) in [6.07, 6.45) is -8.77. The number of rotatable bonds is 5. The van der Waals surface area contributed by atoms with Crippen molar-refractivity contribution in [2.45, 2.75) is 29.9 Å². The van der Waals surface area contributed by atoms with Crippen molar-refractivity contribution in [1.82, 2.24) is 4.98 Å². The number of carbonyl (C=O) groups is 1. The van der Waals surface area contributed by atoms with Gasteiger partial charge in [0.05, 0.1) is 27.8 Å². The van der Waals surface area contributed by atoms with Crippen LogP contribution >= 0.6 is 11.8 Å². The first-order chi connectivity index (χ1) is 13.7. The number of halogens is 6. The van der Waals surface area contributed by atoms with Gasteiger partial charge in [-0.2, -0.15) is 31.6 Å². The summed E-state index contributed by atoms with van der Waals surface area (Å²) in [4.78, 5) is 15.9. The van der Waals surface area contributed by atoms with Crippen molar-refractivity contribution < 1.29 is 36.2 Å². The van der Waals surface area contributed by atoms with Crippen LogP contribution in [0.5, 0.6) is 0 Å². The second-order valence-corrected chi connectivity index (χ2v) is 7.27. The molecule has 0 saturated heterocycles. The second-order valence-electron chi connectivity index (χ2n) is 6.27. The second kappa shape index (κ2) is 8.53. The van der Waals surface area contributed by atoms with Gasteiger partial charge in [-0.3, -0.25) is 4.79 Å². The summed E-state index contributed by atoms with van der Waals surface area (Å²) in [5.74, 6) is -1.38. The third kappa shape index (κ3) is 5.87. The minimum Gasteiger partial charge on any atom is -0.379 e. The molecule has 12 heteroatoms. The summed E-state index contributed by atoms with van der Waals surface area (Å²) in [5, 5.41) is 21.3. The normalized spacial score (nSPS) is 14.0. The van der Waals surface area contributed by atoms with Crippen LogP contribution in [0.2, 0.25) is 0 Å². The van der Waals surface area contributed by atoms with E-state index < -0.39 is 40.6 Å². The van der Waals surface area contributed by atoms with Gasteiger partial charge < -0.3 is 10.4 Å².